The van der Waals surface area contributed by atoms with E-state index < -0.39 is 0 Å². The lowest BCUT2D eigenvalue weighted by Gasteiger charge is -2.08. The summed E-state index contributed by atoms with van der Waals surface area (Å²) >= 11 is 0. The van der Waals surface area contributed by atoms with Gasteiger partial charge in [0.2, 0.25) is 11.8 Å². The summed E-state index contributed by atoms with van der Waals surface area (Å²) in [6, 6.07) is 3.69. The molecule has 2 rings (SSSR count). The first-order chi connectivity index (χ1) is 9.67. The van der Waals surface area contributed by atoms with Crippen molar-refractivity contribution in [3.8, 4) is 5.88 Å². The summed E-state index contributed by atoms with van der Waals surface area (Å²) in [5.74, 6) is 1.90. The predicted octanol–water partition coefficient (Wildman–Crippen LogP) is 2.28. The molecule has 20 heavy (non-hydrogen) atoms. The van der Waals surface area contributed by atoms with Crippen LogP contribution < -0.4 is 10.1 Å². The molecule has 0 unspecified atom stereocenters. The molecule has 6 heteroatoms. The molecule has 106 valence electrons. The summed E-state index contributed by atoms with van der Waals surface area (Å²) in [7, 11) is 0. The van der Waals surface area contributed by atoms with E-state index in [4.69, 9.17) is 4.74 Å². The zero-order chi connectivity index (χ0) is 14.4. The van der Waals surface area contributed by atoms with Crippen LogP contribution in [0.2, 0.25) is 0 Å². The lowest BCUT2D eigenvalue weighted by atomic mass is 10.4. The molecule has 0 saturated carbocycles. The van der Waals surface area contributed by atoms with Crippen molar-refractivity contribution in [2.45, 2.75) is 33.7 Å². The molecule has 0 radical (unpaired) electrons. The summed E-state index contributed by atoms with van der Waals surface area (Å²) in [4.78, 5) is 17.0. The van der Waals surface area contributed by atoms with E-state index in [-0.39, 0.29) is 0 Å². The van der Waals surface area contributed by atoms with E-state index in [1.807, 2.05) is 26.0 Å². The van der Waals surface area contributed by atoms with Crippen molar-refractivity contribution in [1.82, 2.24) is 19.9 Å². The monoisotopic (exact) mass is 273 g/mol. The van der Waals surface area contributed by atoms with Crippen LogP contribution in [-0.2, 0) is 6.54 Å². The van der Waals surface area contributed by atoms with Crippen molar-refractivity contribution < 1.29 is 4.74 Å². The molecule has 0 aliphatic carbocycles. The van der Waals surface area contributed by atoms with E-state index in [1.165, 1.54) is 0 Å². The predicted molar refractivity (Wildman–Crippen MR) is 76.7 cm³/mol. The molecule has 2 aromatic heterocycles. The fraction of sp³-hybridized carbons (Fsp3) is 0.429. The Morgan fingerprint density at radius 3 is 2.80 bits per heavy atom. The molecular formula is C14H19N5O. The Hall–Kier alpha value is -2.24. The van der Waals surface area contributed by atoms with Gasteiger partial charge in [0.25, 0.3) is 0 Å². The molecule has 6 nitrogen and oxygen atoms in total. The van der Waals surface area contributed by atoms with Crippen molar-refractivity contribution in [3.05, 3.63) is 35.5 Å². The molecule has 0 amide bonds. The number of anilines is 1. The number of rotatable bonds is 6. The van der Waals surface area contributed by atoms with Crippen LogP contribution in [0.4, 0.5) is 5.95 Å². The highest BCUT2D eigenvalue weighted by Crippen LogP contribution is 2.12. The molecule has 0 spiro atoms. The number of aromatic nitrogens is 4. The zero-order valence-electron chi connectivity index (χ0n) is 12.1. The molecule has 1 N–H and O–H groups in total. The lowest BCUT2D eigenvalue weighted by Crippen LogP contribution is -2.08. The minimum atomic E-state index is 0.548. The number of ether oxygens (including phenoxy) is 1. The van der Waals surface area contributed by atoms with Crippen LogP contribution in [0.25, 0.3) is 0 Å². The van der Waals surface area contributed by atoms with Crippen LogP contribution in [0.5, 0.6) is 5.88 Å². The molecule has 0 fully saturated rings. The van der Waals surface area contributed by atoms with Crippen molar-refractivity contribution in [3.63, 3.8) is 0 Å². The van der Waals surface area contributed by atoms with Gasteiger partial charge in [-0.2, -0.15) is 4.98 Å². The molecule has 2 heterocycles. The highest BCUT2D eigenvalue weighted by atomic mass is 16.5. The van der Waals surface area contributed by atoms with Crippen LogP contribution in [0, 0.1) is 13.8 Å². The molecule has 0 aliphatic heterocycles. The van der Waals surface area contributed by atoms with Gasteiger partial charge in [-0.1, -0.05) is 6.92 Å². The molecule has 0 aliphatic rings. The van der Waals surface area contributed by atoms with Gasteiger partial charge in [0, 0.05) is 18.0 Å². The quantitative estimate of drug-likeness (QED) is 0.870. The zero-order valence-corrected chi connectivity index (χ0v) is 12.1. The van der Waals surface area contributed by atoms with Crippen LogP contribution in [-0.4, -0.2) is 26.5 Å². The average molecular weight is 273 g/mol. The molecule has 0 atom stereocenters. The van der Waals surface area contributed by atoms with E-state index in [2.05, 4.69) is 32.2 Å². The van der Waals surface area contributed by atoms with E-state index in [9.17, 15) is 0 Å². The number of aryl methyl sites for hydroxylation is 2. The van der Waals surface area contributed by atoms with E-state index in [1.54, 1.807) is 6.20 Å². The first-order valence-electron chi connectivity index (χ1n) is 6.68. The Balaban J connectivity index is 2.03. The second-order valence-corrected chi connectivity index (χ2v) is 4.47. The standard InChI is InChI=1S/C14H19N5O/c1-4-7-20-13-8-10(2)17-14(19-13)16-9-12-5-6-15-11(3)18-12/h5-6,8H,4,7,9H2,1-3H3,(H,16,17,19). The first-order valence-corrected chi connectivity index (χ1v) is 6.68. The van der Waals surface area contributed by atoms with Crippen molar-refractivity contribution in [2.24, 2.45) is 0 Å². The average Bonchev–Trinajstić information content (AvgIpc) is 2.42. The van der Waals surface area contributed by atoms with E-state index >= 15 is 0 Å². The number of nitrogens with zero attached hydrogens (tertiary/aromatic N) is 4. The van der Waals surface area contributed by atoms with Gasteiger partial charge in [-0.05, 0) is 26.3 Å². The van der Waals surface area contributed by atoms with Gasteiger partial charge in [-0.3, -0.25) is 0 Å². The number of hydrogen-bond acceptors (Lipinski definition) is 6. The van der Waals surface area contributed by atoms with E-state index in [0.717, 1.165) is 23.6 Å². The fourth-order valence-corrected chi connectivity index (χ4v) is 1.67. The topological polar surface area (TPSA) is 72.8 Å². The Morgan fingerprint density at radius 1 is 1.20 bits per heavy atom. The summed E-state index contributed by atoms with van der Waals surface area (Å²) in [6.07, 6.45) is 2.69. The van der Waals surface area contributed by atoms with Gasteiger partial charge in [0.15, 0.2) is 0 Å². The van der Waals surface area contributed by atoms with Gasteiger partial charge < -0.3 is 10.1 Å². The lowest BCUT2D eigenvalue weighted by molar-refractivity contribution is 0.305. The Bertz CT molecular complexity index is 573. The Kier molecular flexibility index (Phi) is 4.81. The smallest absolute Gasteiger partial charge is 0.226 e. The van der Waals surface area contributed by atoms with Crippen LogP contribution in [0.3, 0.4) is 0 Å². The summed E-state index contributed by atoms with van der Waals surface area (Å²) in [5, 5.41) is 3.15. The van der Waals surface area contributed by atoms with Gasteiger partial charge in [0.1, 0.15) is 5.82 Å². The molecule has 0 saturated heterocycles. The molecule has 0 aromatic carbocycles. The summed E-state index contributed by atoms with van der Waals surface area (Å²) < 4.78 is 5.53. The molecule has 2 aromatic rings. The van der Waals surface area contributed by atoms with Gasteiger partial charge in [0.05, 0.1) is 18.8 Å². The number of nitrogens with one attached hydrogen (secondary N) is 1. The molecule has 0 bridgehead atoms. The largest absolute Gasteiger partial charge is 0.478 e. The van der Waals surface area contributed by atoms with Crippen molar-refractivity contribution in [2.75, 3.05) is 11.9 Å². The van der Waals surface area contributed by atoms with Gasteiger partial charge in [-0.15, -0.1) is 0 Å². The minimum absolute atomic E-state index is 0.548. The third-order valence-corrected chi connectivity index (χ3v) is 2.55. The second kappa shape index (κ2) is 6.79. The maximum Gasteiger partial charge on any atom is 0.226 e. The third kappa shape index (κ3) is 4.15. The van der Waals surface area contributed by atoms with Crippen molar-refractivity contribution >= 4 is 5.95 Å². The van der Waals surface area contributed by atoms with Crippen molar-refractivity contribution in [1.29, 1.82) is 0 Å². The first kappa shape index (κ1) is 14.2. The minimum Gasteiger partial charge on any atom is -0.478 e. The van der Waals surface area contributed by atoms with Crippen LogP contribution in [0.1, 0.15) is 30.6 Å². The Labute approximate surface area is 118 Å². The highest BCUT2D eigenvalue weighted by Gasteiger charge is 2.04. The van der Waals surface area contributed by atoms with Gasteiger partial charge >= 0.3 is 0 Å². The molecular weight excluding hydrogens is 254 g/mol. The van der Waals surface area contributed by atoms with E-state index in [0.29, 0.717) is 25.0 Å². The normalized spacial score (nSPS) is 10.3. The number of hydrogen-bond donors (Lipinski definition) is 1. The summed E-state index contributed by atoms with van der Waals surface area (Å²) in [5.41, 5.74) is 1.77. The summed E-state index contributed by atoms with van der Waals surface area (Å²) in [6.45, 7) is 7.05. The second-order valence-electron chi connectivity index (χ2n) is 4.47. The fourth-order valence-electron chi connectivity index (χ4n) is 1.67. The third-order valence-electron chi connectivity index (χ3n) is 2.55. The highest BCUT2D eigenvalue weighted by molar-refractivity contribution is 5.31. The van der Waals surface area contributed by atoms with Crippen LogP contribution in [0.15, 0.2) is 18.3 Å². The SMILES string of the molecule is CCCOc1cc(C)nc(NCc2ccnc(C)n2)n1. The Morgan fingerprint density at radius 2 is 2.05 bits per heavy atom. The maximum absolute atomic E-state index is 5.53. The maximum atomic E-state index is 5.53. The van der Waals surface area contributed by atoms with Gasteiger partial charge in [-0.25, -0.2) is 15.0 Å². The van der Waals surface area contributed by atoms with Crippen LogP contribution >= 0.6 is 0 Å².